The smallest absolute Gasteiger partial charge is 0.254 e. The molecule has 1 aliphatic heterocycles. The second kappa shape index (κ2) is 10.4. The van der Waals surface area contributed by atoms with Crippen LogP contribution in [0.2, 0.25) is 0 Å². The number of hydrogen-bond donors (Lipinski definition) is 0. The number of benzene rings is 2. The molecule has 1 saturated heterocycles. The van der Waals surface area contributed by atoms with Crippen LogP contribution in [-0.2, 0) is 33.4 Å². The quantitative estimate of drug-likeness (QED) is 0.412. The van der Waals surface area contributed by atoms with Crippen molar-refractivity contribution in [3.8, 4) is 5.75 Å². The number of hydrogen-bond acceptors (Lipinski definition) is 6. The standard InChI is InChI=1S/C27H31N3O5S/c1-34-24-13-9-21(10-14-24)26(31)29(22-11-12-22)17-23-16-28-27(30(23)18-25-8-5-15-35-25)36(32,33)19-20-6-3-2-4-7-20/h2-4,6-7,9-10,13-14,16,22,25H,5,8,11-12,15,17-19H2,1H3/t25-/m1/s1. The lowest BCUT2D eigenvalue weighted by molar-refractivity contribution is 0.0718. The largest absolute Gasteiger partial charge is 0.497 e. The van der Waals surface area contributed by atoms with Crippen molar-refractivity contribution in [2.75, 3.05) is 13.7 Å². The Bertz CT molecular complexity index is 1290. The molecule has 0 N–H and O–H groups in total. The molecule has 0 spiro atoms. The molecule has 36 heavy (non-hydrogen) atoms. The Labute approximate surface area is 211 Å². The molecule has 3 aromatic rings. The summed E-state index contributed by atoms with van der Waals surface area (Å²) in [6.45, 7) is 1.36. The molecule has 0 radical (unpaired) electrons. The lowest BCUT2D eigenvalue weighted by atomic mass is 10.2. The molecule has 2 aliphatic rings. The monoisotopic (exact) mass is 509 g/mol. The zero-order chi connectivity index (χ0) is 25.1. The molecule has 5 rings (SSSR count). The molecule has 2 aromatic carbocycles. The number of rotatable bonds is 10. The Kier molecular flexibility index (Phi) is 7.11. The summed E-state index contributed by atoms with van der Waals surface area (Å²) in [4.78, 5) is 19.7. The summed E-state index contributed by atoms with van der Waals surface area (Å²) in [6.07, 6.45) is 5.21. The number of amides is 1. The number of ether oxygens (including phenoxy) is 2. The molecule has 1 atom stereocenters. The van der Waals surface area contributed by atoms with E-state index in [1.165, 1.54) is 0 Å². The molecule has 1 saturated carbocycles. The van der Waals surface area contributed by atoms with Crippen LogP contribution in [0.4, 0.5) is 0 Å². The Morgan fingerprint density at radius 2 is 1.86 bits per heavy atom. The molecule has 9 heteroatoms. The minimum absolute atomic E-state index is 0.0319. The molecule has 1 amide bonds. The third-order valence-electron chi connectivity index (χ3n) is 6.71. The van der Waals surface area contributed by atoms with Gasteiger partial charge in [0, 0.05) is 18.2 Å². The van der Waals surface area contributed by atoms with Gasteiger partial charge in [0.1, 0.15) is 5.75 Å². The van der Waals surface area contributed by atoms with E-state index in [0.29, 0.717) is 35.7 Å². The van der Waals surface area contributed by atoms with Crippen LogP contribution < -0.4 is 4.74 Å². The average molecular weight is 510 g/mol. The summed E-state index contributed by atoms with van der Waals surface area (Å²) in [5, 5.41) is 0.0319. The van der Waals surface area contributed by atoms with E-state index in [-0.39, 0.29) is 35.5 Å². The number of sulfone groups is 1. The van der Waals surface area contributed by atoms with Gasteiger partial charge in [-0.2, -0.15) is 0 Å². The number of aromatic nitrogens is 2. The van der Waals surface area contributed by atoms with Gasteiger partial charge in [-0.15, -0.1) is 0 Å². The van der Waals surface area contributed by atoms with E-state index in [2.05, 4.69) is 4.98 Å². The third-order valence-corrected chi connectivity index (χ3v) is 8.30. The average Bonchev–Trinajstić information content (AvgIpc) is 3.44. The van der Waals surface area contributed by atoms with Crippen molar-refractivity contribution in [3.05, 3.63) is 77.6 Å². The van der Waals surface area contributed by atoms with Gasteiger partial charge in [0.2, 0.25) is 15.0 Å². The number of carbonyl (C=O) groups excluding carboxylic acids is 1. The second-order valence-corrected chi connectivity index (χ2v) is 11.3. The summed E-state index contributed by atoms with van der Waals surface area (Å²) in [7, 11) is -2.12. The zero-order valence-corrected chi connectivity index (χ0v) is 21.2. The highest BCUT2D eigenvalue weighted by molar-refractivity contribution is 7.90. The van der Waals surface area contributed by atoms with Gasteiger partial charge < -0.3 is 18.9 Å². The highest BCUT2D eigenvalue weighted by atomic mass is 32.2. The molecule has 1 aliphatic carbocycles. The molecule has 190 valence electrons. The fraction of sp³-hybridized carbons (Fsp3) is 0.407. The first-order valence-corrected chi connectivity index (χ1v) is 14.0. The molecule has 1 aromatic heterocycles. The van der Waals surface area contributed by atoms with E-state index in [4.69, 9.17) is 9.47 Å². The first-order chi connectivity index (χ1) is 17.4. The number of imidazole rings is 1. The van der Waals surface area contributed by atoms with Crippen LogP contribution in [0.25, 0.3) is 0 Å². The van der Waals surface area contributed by atoms with Crippen molar-refractivity contribution < 1.29 is 22.7 Å². The molecule has 0 bridgehead atoms. The Balaban J connectivity index is 1.45. The molecular formula is C27H31N3O5S. The number of methoxy groups -OCH3 is 1. The van der Waals surface area contributed by atoms with E-state index in [9.17, 15) is 13.2 Å². The Morgan fingerprint density at radius 1 is 1.11 bits per heavy atom. The van der Waals surface area contributed by atoms with Crippen LogP contribution in [-0.4, -0.2) is 54.6 Å². The van der Waals surface area contributed by atoms with Gasteiger partial charge in [-0.1, -0.05) is 30.3 Å². The molecule has 2 fully saturated rings. The first-order valence-electron chi connectivity index (χ1n) is 12.3. The van der Waals surface area contributed by atoms with Gasteiger partial charge in [0.05, 0.1) is 43.9 Å². The maximum absolute atomic E-state index is 13.4. The highest BCUT2D eigenvalue weighted by Gasteiger charge is 2.35. The zero-order valence-electron chi connectivity index (χ0n) is 20.4. The van der Waals surface area contributed by atoms with E-state index < -0.39 is 9.84 Å². The summed E-state index contributed by atoms with van der Waals surface area (Å²) in [6, 6.07) is 16.3. The SMILES string of the molecule is COc1ccc(C(=O)N(Cc2cnc(S(=O)(=O)Cc3ccccc3)n2C[C@H]2CCCO2)C2CC2)cc1. The third kappa shape index (κ3) is 5.47. The normalized spacial score (nSPS) is 17.8. The molecule has 2 heterocycles. The minimum atomic E-state index is -3.71. The Hall–Kier alpha value is -3.17. The van der Waals surface area contributed by atoms with Gasteiger partial charge >= 0.3 is 0 Å². The minimum Gasteiger partial charge on any atom is -0.497 e. The first kappa shape index (κ1) is 24.5. The van der Waals surface area contributed by atoms with E-state index in [1.807, 2.05) is 23.1 Å². The van der Waals surface area contributed by atoms with Gasteiger partial charge in [-0.05, 0) is 55.5 Å². The van der Waals surface area contributed by atoms with E-state index in [1.54, 1.807) is 54.3 Å². The molecule has 8 nitrogen and oxygen atoms in total. The summed E-state index contributed by atoms with van der Waals surface area (Å²) < 4.78 is 39.7. The van der Waals surface area contributed by atoms with E-state index >= 15 is 0 Å². The van der Waals surface area contributed by atoms with Crippen molar-refractivity contribution >= 4 is 15.7 Å². The second-order valence-electron chi connectivity index (χ2n) is 9.42. The van der Waals surface area contributed by atoms with Gasteiger partial charge in [-0.3, -0.25) is 4.79 Å². The Morgan fingerprint density at radius 3 is 2.50 bits per heavy atom. The van der Waals surface area contributed by atoms with Crippen molar-refractivity contribution in [3.63, 3.8) is 0 Å². The van der Waals surface area contributed by atoms with E-state index in [0.717, 1.165) is 25.7 Å². The van der Waals surface area contributed by atoms with Crippen molar-refractivity contribution in [1.82, 2.24) is 14.5 Å². The van der Waals surface area contributed by atoms with Crippen LogP contribution in [0, 0.1) is 0 Å². The van der Waals surface area contributed by atoms with Gasteiger partial charge in [-0.25, -0.2) is 13.4 Å². The van der Waals surface area contributed by atoms with Crippen LogP contribution >= 0.6 is 0 Å². The fourth-order valence-electron chi connectivity index (χ4n) is 4.64. The van der Waals surface area contributed by atoms with Gasteiger partial charge in [0.15, 0.2) is 0 Å². The highest BCUT2D eigenvalue weighted by Crippen LogP contribution is 2.31. The number of carbonyl (C=O) groups is 1. The van der Waals surface area contributed by atoms with Crippen molar-refractivity contribution in [2.45, 2.75) is 61.8 Å². The summed E-state index contributed by atoms with van der Waals surface area (Å²) in [5.41, 5.74) is 1.98. The predicted octanol–water partition coefficient (Wildman–Crippen LogP) is 3.85. The lowest BCUT2D eigenvalue weighted by Gasteiger charge is -2.24. The van der Waals surface area contributed by atoms with Crippen LogP contribution in [0.15, 0.2) is 66.0 Å². The number of nitrogens with zero attached hydrogens (tertiary/aromatic N) is 3. The van der Waals surface area contributed by atoms with Crippen LogP contribution in [0.1, 0.15) is 47.3 Å². The van der Waals surface area contributed by atoms with Crippen LogP contribution in [0.3, 0.4) is 0 Å². The summed E-state index contributed by atoms with van der Waals surface area (Å²) >= 11 is 0. The van der Waals surface area contributed by atoms with Gasteiger partial charge in [0.25, 0.3) is 5.91 Å². The predicted molar refractivity (Wildman–Crippen MR) is 134 cm³/mol. The van der Waals surface area contributed by atoms with Crippen molar-refractivity contribution in [1.29, 1.82) is 0 Å². The van der Waals surface area contributed by atoms with Crippen LogP contribution in [0.5, 0.6) is 5.75 Å². The lowest BCUT2D eigenvalue weighted by Crippen LogP contribution is -2.34. The molecular weight excluding hydrogens is 478 g/mol. The maximum Gasteiger partial charge on any atom is 0.254 e. The maximum atomic E-state index is 13.4. The van der Waals surface area contributed by atoms with Crippen molar-refractivity contribution in [2.24, 2.45) is 0 Å². The topological polar surface area (TPSA) is 90.7 Å². The molecule has 0 unspecified atom stereocenters. The fourth-order valence-corrected chi connectivity index (χ4v) is 6.14. The summed E-state index contributed by atoms with van der Waals surface area (Å²) in [5.74, 6) is 0.471.